The number of carbonyl (C=O) groups is 2. The Morgan fingerprint density at radius 1 is 1.36 bits per heavy atom. The summed E-state index contributed by atoms with van der Waals surface area (Å²) in [5.41, 5.74) is 0. The molecule has 2 rings (SSSR count). The number of ketones is 1. The molecule has 0 radical (unpaired) electrons. The number of halogens is 1. The van der Waals surface area contributed by atoms with Crippen molar-refractivity contribution in [2.75, 3.05) is 11.4 Å². The standard InChI is InChI=1S/C9H7BrN2O2/c10-7-2-1-3-8(11-7)12-5-6(13)4-9(12)14/h1-3H,4-5H2. The van der Waals surface area contributed by atoms with E-state index in [9.17, 15) is 9.59 Å². The van der Waals surface area contributed by atoms with Crippen LogP contribution < -0.4 is 4.90 Å². The van der Waals surface area contributed by atoms with Crippen molar-refractivity contribution in [2.45, 2.75) is 6.42 Å². The van der Waals surface area contributed by atoms with E-state index in [1.165, 1.54) is 4.90 Å². The Morgan fingerprint density at radius 2 is 2.14 bits per heavy atom. The van der Waals surface area contributed by atoms with Crippen molar-refractivity contribution in [3.63, 3.8) is 0 Å². The third-order valence-corrected chi connectivity index (χ3v) is 2.40. The molecule has 5 heteroatoms. The zero-order chi connectivity index (χ0) is 10.1. The molecule has 0 aliphatic carbocycles. The van der Waals surface area contributed by atoms with Crippen LogP contribution in [-0.2, 0) is 9.59 Å². The average Bonchev–Trinajstić information content (AvgIpc) is 2.45. The zero-order valence-corrected chi connectivity index (χ0v) is 8.82. The SMILES string of the molecule is O=C1CC(=O)N(c2cccc(Br)n2)C1. The monoisotopic (exact) mass is 254 g/mol. The van der Waals surface area contributed by atoms with E-state index in [1.807, 2.05) is 0 Å². The first-order valence-electron chi connectivity index (χ1n) is 4.11. The Kier molecular flexibility index (Phi) is 2.33. The molecule has 0 bridgehead atoms. The molecule has 72 valence electrons. The average molecular weight is 255 g/mol. The molecule has 1 saturated heterocycles. The van der Waals surface area contributed by atoms with E-state index in [1.54, 1.807) is 18.2 Å². The number of hydrogen-bond acceptors (Lipinski definition) is 3. The third kappa shape index (κ3) is 1.68. The summed E-state index contributed by atoms with van der Waals surface area (Å²) in [7, 11) is 0. The van der Waals surface area contributed by atoms with E-state index in [-0.39, 0.29) is 24.7 Å². The quantitative estimate of drug-likeness (QED) is 0.558. The summed E-state index contributed by atoms with van der Waals surface area (Å²) in [6, 6.07) is 5.26. The fourth-order valence-electron chi connectivity index (χ4n) is 1.34. The fourth-order valence-corrected chi connectivity index (χ4v) is 1.68. The molecule has 1 aromatic rings. The Morgan fingerprint density at radius 3 is 2.71 bits per heavy atom. The van der Waals surface area contributed by atoms with E-state index in [0.29, 0.717) is 10.4 Å². The minimum atomic E-state index is -0.180. The van der Waals surface area contributed by atoms with Crippen LogP contribution in [0.3, 0.4) is 0 Å². The maximum atomic E-state index is 11.3. The minimum Gasteiger partial charge on any atom is -0.297 e. The number of hydrogen-bond donors (Lipinski definition) is 0. The predicted molar refractivity (Wildman–Crippen MR) is 53.9 cm³/mol. The van der Waals surface area contributed by atoms with Crippen molar-refractivity contribution < 1.29 is 9.59 Å². The second-order valence-corrected chi connectivity index (χ2v) is 3.83. The summed E-state index contributed by atoms with van der Waals surface area (Å²) < 4.78 is 0.655. The highest BCUT2D eigenvalue weighted by Crippen LogP contribution is 2.19. The highest BCUT2D eigenvalue weighted by molar-refractivity contribution is 9.10. The number of rotatable bonds is 1. The first-order valence-corrected chi connectivity index (χ1v) is 4.91. The lowest BCUT2D eigenvalue weighted by molar-refractivity contribution is -0.121. The number of anilines is 1. The number of amides is 1. The van der Waals surface area contributed by atoms with Crippen molar-refractivity contribution in [3.8, 4) is 0 Å². The number of carbonyl (C=O) groups excluding carboxylic acids is 2. The Bertz CT molecular complexity index is 406. The van der Waals surface area contributed by atoms with Gasteiger partial charge in [0.05, 0.1) is 13.0 Å². The number of aromatic nitrogens is 1. The van der Waals surface area contributed by atoms with Crippen LogP contribution in [0.25, 0.3) is 0 Å². The smallest absolute Gasteiger partial charge is 0.236 e. The van der Waals surface area contributed by atoms with E-state index < -0.39 is 0 Å². The zero-order valence-electron chi connectivity index (χ0n) is 7.24. The first-order chi connectivity index (χ1) is 6.66. The lowest BCUT2D eigenvalue weighted by Crippen LogP contribution is -2.25. The molecule has 0 atom stereocenters. The molecular weight excluding hydrogens is 248 g/mol. The normalized spacial score (nSPS) is 16.5. The third-order valence-electron chi connectivity index (χ3n) is 1.96. The maximum Gasteiger partial charge on any atom is 0.236 e. The van der Waals surface area contributed by atoms with Crippen LogP contribution in [0.2, 0.25) is 0 Å². The fraction of sp³-hybridized carbons (Fsp3) is 0.222. The molecule has 2 heterocycles. The van der Waals surface area contributed by atoms with Gasteiger partial charge in [0.2, 0.25) is 5.91 Å². The van der Waals surface area contributed by atoms with Crippen LogP contribution in [0, 0.1) is 0 Å². The molecule has 0 spiro atoms. The molecule has 4 nitrogen and oxygen atoms in total. The Balaban J connectivity index is 2.31. The number of pyridine rings is 1. The van der Waals surface area contributed by atoms with Gasteiger partial charge < -0.3 is 0 Å². The van der Waals surface area contributed by atoms with E-state index in [0.717, 1.165) is 0 Å². The summed E-state index contributed by atoms with van der Waals surface area (Å²) >= 11 is 3.21. The van der Waals surface area contributed by atoms with Gasteiger partial charge in [0.25, 0.3) is 0 Å². The molecular formula is C9H7BrN2O2. The Hall–Kier alpha value is -1.23. The second-order valence-electron chi connectivity index (χ2n) is 3.01. The van der Waals surface area contributed by atoms with Gasteiger partial charge in [-0.15, -0.1) is 0 Å². The van der Waals surface area contributed by atoms with E-state index >= 15 is 0 Å². The van der Waals surface area contributed by atoms with Gasteiger partial charge in [-0.2, -0.15) is 0 Å². The van der Waals surface area contributed by atoms with Gasteiger partial charge in [-0.05, 0) is 28.1 Å². The van der Waals surface area contributed by atoms with Gasteiger partial charge in [0.1, 0.15) is 10.4 Å². The van der Waals surface area contributed by atoms with Crippen molar-refractivity contribution in [2.24, 2.45) is 0 Å². The molecule has 1 aromatic heterocycles. The van der Waals surface area contributed by atoms with Crippen LogP contribution in [0.1, 0.15) is 6.42 Å². The molecule has 1 fully saturated rings. The first kappa shape index (κ1) is 9.33. The maximum absolute atomic E-state index is 11.3. The second kappa shape index (κ2) is 3.49. The molecule has 1 aliphatic heterocycles. The van der Waals surface area contributed by atoms with E-state index in [2.05, 4.69) is 20.9 Å². The largest absolute Gasteiger partial charge is 0.297 e. The van der Waals surface area contributed by atoms with Gasteiger partial charge >= 0.3 is 0 Å². The van der Waals surface area contributed by atoms with Crippen molar-refractivity contribution in [3.05, 3.63) is 22.8 Å². The van der Waals surface area contributed by atoms with Crippen LogP contribution in [0.5, 0.6) is 0 Å². The van der Waals surface area contributed by atoms with Crippen LogP contribution in [0.15, 0.2) is 22.8 Å². The van der Waals surface area contributed by atoms with Crippen molar-refractivity contribution >= 4 is 33.4 Å². The lowest BCUT2D eigenvalue weighted by Gasteiger charge is -2.12. The molecule has 1 aliphatic rings. The number of nitrogens with zero attached hydrogens (tertiary/aromatic N) is 2. The van der Waals surface area contributed by atoms with Crippen molar-refractivity contribution in [1.29, 1.82) is 0 Å². The van der Waals surface area contributed by atoms with Crippen LogP contribution >= 0.6 is 15.9 Å². The summed E-state index contributed by atoms with van der Waals surface area (Å²) in [5, 5.41) is 0. The van der Waals surface area contributed by atoms with Crippen LogP contribution in [-0.4, -0.2) is 23.2 Å². The van der Waals surface area contributed by atoms with Gasteiger partial charge in [0.15, 0.2) is 5.78 Å². The Labute approximate surface area is 89.1 Å². The summed E-state index contributed by atoms with van der Waals surface area (Å²) in [6.07, 6.45) is -0.00576. The number of Topliss-reactive ketones (excluding diaryl/α,β-unsaturated/α-hetero) is 1. The highest BCUT2D eigenvalue weighted by Gasteiger charge is 2.29. The molecule has 0 N–H and O–H groups in total. The molecule has 0 aromatic carbocycles. The molecule has 0 saturated carbocycles. The molecule has 14 heavy (non-hydrogen) atoms. The van der Waals surface area contributed by atoms with Crippen LogP contribution in [0.4, 0.5) is 5.82 Å². The summed E-state index contributed by atoms with van der Waals surface area (Å²) in [5.74, 6) is 0.285. The van der Waals surface area contributed by atoms with Gasteiger partial charge in [0, 0.05) is 0 Å². The highest BCUT2D eigenvalue weighted by atomic mass is 79.9. The molecule has 1 amide bonds. The van der Waals surface area contributed by atoms with Gasteiger partial charge in [-0.1, -0.05) is 6.07 Å². The topological polar surface area (TPSA) is 50.3 Å². The van der Waals surface area contributed by atoms with Crippen molar-refractivity contribution in [1.82, 2.24) is 4.98 Å². The van der Waals surface area contributed by atoms with Gasteiger partial charge in [-0.25, -0.2) is 4.98 Å². The van der Waals surface area contributed by atoms with Gasteiger partial charge in [-0.3, -0.25) is 14.5 Å². The van der Waals surface area contributed by atoms with E-state index in [4.69, 9.17) is 0 Å². The molecule has 0 unspecified atom stereocenters. The summed E-state index contributed by atoms with van der Waals surface area (Å²) in [6.45, 7) is 0.141. The predicted octanol–water partition coefficient (Wildman–Crippen LogP) is 1.15. The minimum absolute atomic E-state index is 0.00576. The lowest BCUT2D eigenvalue weighted by atomic mass is 10.3. The summed E-state index contributed by atoms with van der Waals surface area (Å²) in [4.78, 5) is 27.9.